The van der Waals surface area contributed by atoms with E-state index in [1.165, 1.54) is 23.4 Å². The molecule has 0 spiro atoms. The van der Waals surface area contributed by atoms with Crippen molar-refractivity contribution >= 4 is 5.95 Å². The van der Waals surface area contributed by atoms with Gasteiger partial charge in [-0.2, -0.15) is 5.10 Å². The molecule has 1 aromatic carbocycles. The molecule has 4 rings (SSSR count). The summed E-state index contributed by atoms with van der Waals surface area (Å²) in [5, 5.41) is 15.8. The van der Waals surface area contributed by atoms with Crippen LogP contribution < -0.4 is 4.90 Å². The van der Waals surface area contributed by atoms with E-state index in [0.717, 1.165) is 12.1 Å². The standard InChI is InChI=1S/C20H23F2N7O/c1-15(27-7-9-28(10-8-27)19-24-5-2-6-25-19)20(30,12-29-14-23-13-26-29)17-4-3-16(21)11-18(17)22/h2-6,11,13-15,30H,7-10,12H2,1H3/t15-,20-/m1/s1. The summed E-state index contributed by atoms with van der Waals surface area (Å²) in [6, 6.07) is 4.54. The minimum atomic E-state index is -1.64. The molecule has 1 N–H and O–H groups in total. The van der Waals surface area contributed by atoms with E-state index in [-0.39, 0.29) is 12.1 Å². The second-order valence-corrected chi connectivity index (χ2v) is 7.39. The van der Waals surface area contributed by atoms with Crippen LogP contribution in [-0.2, 0) is 12.1 Å². The van der Waals surface area contributed by atoms with Crippen LogP contribution in [0.15, 0.2) is 49.3 Å². The van der Waals surface area contributed by atoms with Crippen LogP contribution in [0.3, 0.4) is 0 Å². The molecule has 8 nitrogen and oxygen atoms in total. The van der Waals surface area contributed by atoms with Crippen molar-refractivity contribution < 1.29 is 13.9 Å². The lowest BCUT2D eigenvalue weighted by molar-refractivity contribution is -0.0650. The van der Waals surface area contributed by atoms with Crippen molar-refractivity contribution in [2.45, 2.75) is 25.1 Å². The molecule has 10 heteroatoms. The number of aliphatic hydroxyl groups is 1. The van der Waals surface area contributed by atoms with E-state index in [2.05, 4.69) is 29.9 Å². The maximum absolute atomic E-state index is 14.7. The maximum Gasteiger partial charge on any atom is 0.225 e. The van der Waals surface area contributed by atoms with Crippen LogP contribution in [-0.4, -0.2) is 67.0 Å². The molecule has 3 aromatic rings. The van der Waals surface area contributed by atoms with Gasteiger partial charge in [0.15, 0.2) is 0 Å². The van der Waals surface area contributed by atoms with Crippen molar-refractivity contribution in [3.63, 3.8) is 0 Å². The Bertz CT molecular complexity index is 965. The van der Waals surface area contributed by atoms with Gasteiger partial charge in [0, 0.05) is 56.2 Å². The van der Waals surface area contributed by atoms with Gasteiger partial charge in [0.05, 0.1) is 6.54 Å². The summed E-state index contributed by atoms with van der Waals surface area (Å²) < 4.78 is 29.6. The molecule has 2 aromatic heterocycles. The molecule has 30 heavy (non-hydrogen) atoms. The highest BCUT2D eigenvalue weighted by Crippen LogP contribution is 2.33. The van der Waals surface area contributed by atoms with Gasteiger partial charge in [-0.15, -0.1) is 0 Å². The van der Waals surface area contributed by atoms with Crippen LogP contribution in [0.1, 0.15) is 12.5 Å². The van der Waals surface area contributed by atoms with Gasteiger partial charge in [0.2, 0.25) is 5.95 Å². The molecule has 1 aliphatic rings. The van der Waals surface area contributed by atoms with Crippen molar-refractivity contribution in [3.05, 3.63) is 66.5 Å². The first-order chi connectivity index (χ1) is 14.5. The minimum absolute atomic E-state index is 0.0151. The first-order valence-corrected chi connectivity index (χ1v) is 9.74. The molecule has 0 radical (unpaired) electrons. The number of benzene rings is 1. The van der Waals surface area contributed by atoms with Crippen LogP contribution in [0.25, 0.3) is 0 Å². The van der Waals surface area contributed by atoms with Gasteiger partial charge in [0.25, 0.3) is 0 Å². The average Bonchev–Trinajstić information content (AvgIpc) is 3.26. The second kappa shape index (κ2) is 8.41. The van der Waals surface area contributed by atoms with E-state index in [4.69, 9.17) is 0 Å². The van der Waals surface area contributed by atoms with Crippen LogP contribution in [0, 0.1) is 11.6 Å². The fourth-order valence-electron chi connectivity index (χ4n) is 3.91. The fourth-order valence-corrected chi connectivity index (χ4v) is 3.91. The molecule has 158 valence electrons. The van der Waals surface area contributed by atoms with E-state index in [1.54, 1.807) is 18.5 Å². The molecule has 1 aliphatic heterocycles. The Balaban J connectivity index is 1.58. The predicted molar refractivity (Wildman–Crippen MR) is 106 cm³/mol. The van der Waals surface area contributed by atoms with Gasteiger partial charge in [0.1, 0.15) is 29.9 Å². The third-order valence-corrected chi connectivity index (χ3v) is 5.66. The van der Waals surface area contributed by atoms with E-state index in [9.17, 15) is 13.9 Å². The number of aromatic nitrogens is 5. The Kier molecular flexibility index (Phi) is 5.69. The van der Waals surface area contributed by atoms with Crippen LogP contribution in [0.2, 0.25) is 0 Å². The summed E-state index contributed by atoms with van der Waals surface area (Å²) in [5.74, 6) is -0.823. The summed E-state index contributed by atoms with van der Waals surface area (Å²) in [7, 11) is 0. The van der Waals surface area contributed by atoms with Crippen molar-refractivity contribution in [2.75, 3.05) is 31.1 Å². The van der Waals surface area contributed by atoms with Crippen LogP contribution in [0.4, 0.5) is 14.7 Å². The third-order valence-electron chi connectivity index (χ3n) is 5.66. The lowest BCUT2D eigenvalue weighted by Gasteiger charge is -2.44. The Morgan fingerprint density at radius 2 is 1.87 bits per heavy atom. The second-order valence-electron chi connectivity index (χ2n) is 7.39. The number of hydrogen-bond donors (Lipinski definition) is 1. The molecule has 1 saturated heterocycles. The first-order valence-electron chi connectivity index (χ1n) is 9.74. The molecule has 0 amide bonds. The third kappa shape index (κ3) is 4.01. The zero-order valence-electron chi connectivity index (χ0n) is 16.6. The average molecular weight is 415 g/mol. The number of hydrogen-bond acceptors (Lipinski definition) is 7. The molecule has 3 heterocycles. The largest absolute Gasteiger partial charge is 0.381 e. The molecule has 0 aliphatic carbocycles. The Labute approximate surface area is 172 Å². The predicted octanol–water partition coefficient (Wildman–Crippen LogP) is 1.44. The van der Waals surface area contributed by atoms with Gasteiger partial charge < -0.3 is 10.0 Å². The summed E-state index contributed by atoms with van der Waals surface area (Å²) >= 11 is 0. The molecular formula is C20H23F2N7O. The first kappa shape index (κ1) is 20.3. The highest BCUT2D eigenvalue weighted by Gasteiger charge is 2.42. The van der Waals surface area contributed by atoms with E-state index < -0.39 is 23.3 Å². The van der Waals surface area contributed by atoms with E-state index >= 15 is 0 Å². The number of halogens is 2. The fraction of sp³-hybridized carbons (Fsp3) is 0.400. The minimum Gasteiger partial charge on any atom is -0.381 e. The van der Waals surface area contributed by atoms with Gasteiger partial charge in [-0.05, 0) is 19.1 Å². The van der Waals surface area contributed by atoms with Gasteiger partial charge in [-0.3, -0.25) is 4.90 Å². The number of piperazine rings is 1. The Morgan fingerprint density at radius 1 is 1.13 bits per heavy atom. The molecule has 0 bridgehead atoms. The summed E-state index contributed by atoms with van der Waals surface area (Å²) in [6.45, 7) is 4.41. The van der Waals surface area contributed by atoms with Gasteiger partial charge >= 0.3 is 0 Å². The van der Waals surface area contributed by atoms with E-state index in [0.29, 0.717) is 32.1 Å². The Hall–Kier alpha value is -2.98. The molecule has 1 fully saturated rings. The zero-order chi connectivity index (χ0) is 21.1. The van der Waals surface area contributed by atoms with Crippen molar-refractivity contribution in [1.29, 1.82) is 0 Å². The normalized spacial score (nSPS) is 18.2. The van der Waals surface area contributed by atoms with Crippen LogP contribution >= 0.6 is 0 Å². The topological polar surface area (TPSA) is 83.2 Å². The molecule has 2 atom stereocenters. The summed E-state index contributed by atoms with van der Waals surface area (Å²) in [5.41, 5.74) is -1.61. The number of nitrogens with zero attached hydrogens (tertiary/aromatic N) is 7. The highest BCUT2D eigenvalue weighted by atomic mass is 19.1. The van der Waals surface area contributed by atoms with Gasteiger partial charge in [-0.1, -0.05) is 6.07 Å². The number of rotatable bonds is 6. The number of anilines is 1. The smallest absolute Gasteiger partial charge is 0.225 e. The lowest BCUT2D eigenvalue weighted by atomic mass is 9.85. The molecule has 0 unspecified atom stereocenters. The molecule has 0 saturated carbocycles. The van der Waals surface area contributed by atoms with Crippen molar-refractivity contribution in [1.82, 2.24) is 29.6 Å². The summed E-state index contributed by atoms with van der Waals surface area (Å²) in [4.78, 5) is 16.6. The van der Waals surface area contributed by atoms with Crippen molar-refractivity contribution in [3.8, 4) is 0 Å². The maximum atomic E-state index is 14.7. The van der Waals surface area contributed by atoms with E-state index in [1.807, 2.05) is 6.92 Å². The monoisotopic (exact) mass is 415 g/mol. The SMILES string of the molecule is C[C@@H](N1CCN(c2ncccn2)CC1)[C@](O)(Cn1cncn1)c1ccc(F)cc1F. The lowest BCUT2D eigenvalue weighted by Crippen LogP contribution is -2.57. The molecular weight excluding hydrogens is 392 g/mol. The highest BCUT2D eigenvalue weighted by molar-refractivity contribution is 5.30. The van der Waals surface area contributed by atoms with Crippen molar-refractivity contribution in [2.24, 2.45) is 0 Å². The Morgan fingerprint density at radius 3 is 2.50 bits per heavy atom. The van der Waals surface area contributed by atoms with Crippen LogP contribution in [0.5, 0.6) is 0 Å². The van der Waals surface area contributed by atoms with Gasteiger partial charge in [-0.25, -0.2) is 28.4 Å². The zero-order valence-corrected chi connectivity index (χ0v) is 16.6. The quantitative estimate of drug-likeness (QED) is 0.652. The summed E-state index contributed by atoms with van der Waals surface area (Å²) in [6.07, 6.45) is 6.21.